The molecule has 0 radical (unpaired) electrons. The van der Waals surface area contributed by atoms with Crippen molar-refractivity contribution in [1.29, 1.82) is 5.26 Å². The quantitative estimate of drug-likeness (QED) is 0.825. The first-order valence-corrected chi connectivity index (χ1v) is 8.71. The van der Waals surface area contributed by atoms with Gasteiger partial charge in [-0.1, -0.05) is 32.4 Å². The highest BCUT2D eigenvalue weighted by Gasteiger charge is 2.26. The number of fused-ring (bicyclic) bond motifs is 1. The molecule has 1 saturated carbocycles. The number of carbonyl (C=O) groups is 1. The summed E-state index contributed by atoms with van der Waals surface area (Å²) >= 11 is 6.36. The SMILES string of the molecule is CC(C)(C)CC(=O)Nc1cc2c(Cl)cc(C#N)cc2n1C1CCC1. The summed E-state index contributed by atoms with van der Waals surface area (Å²) in [4.78, 5) is 12.4. The summed E-state index contributed by atoms with van der Waals surface area (Å²) in [6, 6.07) is 7.98. The lowest BCUT2D eigenvalue weighted by molar-refractivity contribution is -0.117. The largest absolute Gasteiger partial charge is 0.324 e. The standard InChI is InChI=1S/C19H22ClN3O/c1-19(2,3)10-18(24)22-17-9-14-15(20)7-12(11-21)8-16(14)23(17)13-5-4-6-13/h7-9,13H,4-6,10H2,1-3H3,(H,22,24). The third kappa shape index (κ3) is 3.27. The molecule has 1 aliphatic carbocycles. The molecule has 1 N–H and O–H groups in total. The van der Waals surface area contributed by atoms with Crippen LogP contribution in [-0.2, 0) is 4.79 Å². The van der Waals surface area contributed by atoms with Crippen LogP contribution in [-0.4, -0.2) is 10.5 Å². The lowest BCUT2D eigenvalue weighted by atomic mass is 9.92. The smallest absolute Gasteiger partial charge is 0.226 e. The van der Waals surface area contributed by atoms with Gasteiger partial charge in [-0.05, 0) is 42.9 Å². The molecule has 0 unspecified atom stereocenters. The van der Waals surface area contributed by atoms with Crippen molar-refractivity contribution >= 4 is 34.2 Å². The highest BCUT2D eigenvalue weighted by molar-refractivity contribution is 6.35. The number of nitrogens with one attached hydrogen (secondary N) is 1. The number of hydrogen-bond donors (Lipinski definition) is 1. The van der Waals surface area contributed by atoms with Gasteiger partial charge >= 0.3 is 0 Å². The number of halogens is 1. The Morgan fingerprint density at radius 3 is 2.62 bits per heavy atom. The Morgan fingerprint density at radius 1 is 1.38 bits per heavy atom. The second kappa shape index (κ2) is 6.14. The summed E-state index contributed by atoms with van der Waals surface area (Å²) in [6.07, 6.45) is 3.81. The number of nitrogens with zero attached hydrogens (tertiary/aromatic N) is 2. The summed E-state index contributed by atoms with van der Waals surface area (Å²) < 4.78 is 2.14. The van der Waals surface area contributed by atoms with E-state index < -0.39 is 0 Å². The average Bonchev–Trinajstić information content (AvgIpc) is 2.74. The van der Waals surface area contributed by atoms with Crippen LogP contribution < -0.4 is 5.32 Å². The number of amides is 1. The first-order chi connectivity index (χ1) is 11.3. The molecule has 0 aliphatic heterocycles. The van der Waals surface area contributed by atoms with Crippen molar-refractivity contribution in [2.24, 2.45) is 5.41 Å². The normalized spacial score (nSPS) is 15.1. The van der Waals surface area contributed by atoms with Crippen molar-refractivity contribution in [3.8, 4) is 6.07 Å². The molecular formula is C19H22ClN3O. The maximum Gasteiger partial charge on any atom is 0.226 e. The van der Waals surface area contributed by atoms with Crippen LogP contribution in [0.5, 0.6) is 0 Å². The van der Waals surface area contributed by atoms with E-state index in [0.29, 0.717) is 23.0 Å². The van der Waals surface area contributed by atoms with Gasteiger partial charge < -0.3 is 9.88 Å². The van der Waals surface area contributed by atoms with Crippen LogP contribution >= 0.6 is 11.6 Å². The molecule has 0 bridgehead atoms. The van der Waals surface area contributed by atoms with Gasteiger partial charge in [0.25, 0.3) is 0 Å². The Labute approximate surface area is 147 Å². The maximum atomic E-state index is 12.4. The predicted molar refractivity (Wildman–Crippen MR) is 97.3 cm³/mol. The van der Waals surface area contributed by atoms with Crippen LogP contribution in [0.2, 0.25) is 5.02 Å². The summed E-state index contributed by atoms with van der Waals surface area (Å²) in [5.41, 5.74) is 1.40. The Kier molecular flexibility index (Phi) is 4.31. The molecule has 0 atom stereocenters. The van der Waals surface area contributed by atoms with Crippen molar-refractivity contribution in [3.05, 3.63) is 28.8 Å². The molecule has 1 aliphatic rings. The van der Waals surface area contributed by atoms with Crippen molar-refractivity contribution in [3.63, 3.8) is 0 Å². The maximum absolute atomic E-state index is 12.4. The molecule has 4 nitrogen and oxygen atoms in total. The number of aromatic nitrogens is 1. The number of nitriles is 1. The molecule has 24 heavy (non-hydrogen) atoms. The van der Waals surface area contributed by atoms with Gasteiger partial charge in [0, 0.05) is 17.8 Å². The molecule has 1 aromatic heterocycles. The summed E-state index contributed by atoms with van der Waals surface area (Å²) in [5, 5.41) is 13.7. The van der Waals surface area contributed by atoms with E-state index in [0.717, 1.165) is 29.6 Å². The highest BCUT2D eigenvalue weighted by atomic mass is 35.5. The van der Waals surface area contributed by atoms with Gasteiger partial charge in [-0.25, -0.2) is 0 Å². The predicted octanol–water partition coefficient (Wildman–Crippen LogP) is 5.27. The van der Waals surface area contributed by atoms with Gasteiger partial charge in [-0.2, -0.15) is 5.26 Å². The zero-order valence-corrected chi connectivity index (χ0v) is 15.1. The third-order valence-corrected chi connectivity index (χ3v) is 4.75. The van der Waals surface area contributed by atoms with Crippen LogP contribution in [0.4, 0.5) is 5.82 Å². The summed E-state index contributed by atoms with van der Waals surface area (Å²) in [7, 11) is 0. The van der Waals surface area contributed by atoms with Crippen LogP contribution in [0.15, 0.2) is 18.2 Å². The lowest BCUT2D eigenvalue weighted by Gasteiger charge is -2.30. The molecule has 1 fully saturated rings. The van der Waals surface area contributed by atoms with Gasteiger partial charge in [0.05, 0.1) is 22.2 Å². The van der Waals surface area contributed by atoms with Crippen LogP contribution in [0.1, 0.15) is 58.1 Å². The second-order valence-corrected chi connectivity index (χ2v) is 8.18. The molecular weight excluding hydrogens is 322 g/mol. The van der Waals surface area contributed by atoms with Crippen molar-refractivity contribution in [2.45, 2.75) is 52.5 Å². The minimum absolute atomic E-state index is 0.00232. The fourth-order valence-electron chi connectivity index (χ4n) is 3.15. The Bertz CT molecular complexity index is 835. The zero-order chi connectivity index (χ0) is 17.5. The summed E-state index contributed by atoms with van der Waals surface area (Å²) in [5.74, 6) is 0.781. The van der Waals surface area contributed by atoms with Gasteiger partial charge in [0.1, 0.15) is 5.82 Å². The number of carbonyl (C=O) groups excluding carboxylic acids is 1. The topological polar surface area (TPSA) is 57.8 Å². The molecule has 5 heteroatoms. The Hall–Kier alpha value is -1.99. The van der Waals surface area contributed by atoms with Crippen molar-refractivity contribution in [1.82, 2.24) is 4.57 Å². The van der Waals surface area contributed by atoms with Gasteiger partial charge in [-0.3, -0.25) is 4.79 Å². The van der Waals surface area contributed by atoms with E-state index in [9.17, 15) is 10.1 Å². The molecule has 1 aromatic carbocycles. The van der Waals surface area contributed by atoms with Crippen molar-refractivity contribution in [2.75, 3.05) is 5.32 Å². The van der Waals surface area contributed by atoms with Crippen molar-refractivity contribution < 1.29 is 4.79 Å². The average molecular weight is 344 g/mol. The van der Waals surface area contributed by atoms with E-state index in [4.69, 9.17) is 11.6 Å². The first-order valence-electron chi connectivity index (χ1n) is 8.33. The zero-order valence-electron chi connectivity index (χ0n) is 14.3. The van der Waals surface area contributed by atoms with E-state index in [2.05, 4.69) is 16.0 Å². The Balaban J connectivity index is 2.05. The number of benzene rings is 1. The molecule has 1 amide bonds. The molecule has 126 valence electrons. The van der Waals surface area contributed by atoms with Gasteiger partial charge in [0.15, 0.2) is 0 Å². The van der Waals surface area contributed by atoms with E-state index >= 15 is 0 Å². The van der Waals surface area contributed by atoms with Crippen LogP contribution in [0.25, 0.3) is 10.9 Å². The third-order valence-electron chi connectivity index (χ3n) is 4.44. The van der Waals surface area contributed by atoms with Crippen LogP contribution in [0, 0.1) is 16.7 Å². The monoisotopic (exact) mass is 343 g/mol. The molecule has 3 rings (SSSR count). The fourth-order valence-corrected chi connectivity index (χ4v) is 3.42. The minimum Gasteiger partial charge on any atom is -0.324 e. The first kappa shape index (κ1) is 16.9. The molecule has 1 heterocycles. The minimum atomic E-state index is -0.0664. The van der Waals surface area contributed by atoms with Gasteiger partial charge in [-0.15, -0.1) is 0 Å². The summed E-state index contributed by atoms with van der Waals surface area (Å²) in [6.45, 7) is 6.14. The second-order valence-electron chi connectivity index (χ2n) is 7.77. The number of rotatable bonds is 3. The molecule has 0 saturated heterocycles. The fraction of sp³-hybridized carbons (Fsp3) is 0.474. The van der Waals surface area contributed by atoms with E-state index in [1.165, 1.54) is 6.42 Å². The van der Waals surface area contributed by atoms with E-state index in [1.807, 2.05) is 32.9 Å². The lowest BCUT2D eigenvalue weighted by Crippen LogP contribution is -2.24. The molecule has 2 aromatic rings. The van der Waals surface area contributed by atoms with Crippen LogP contribution in [0.3, 0.4) is 0 Å². The highest BCUT2D eigenvalue weighted by Crippen LogP contribution is 2.40. The van der Waals surface area contributed by atoms with E-state index in [1.54, 1.807) is 6.07 Å². The van der Waals surface area contributed by atoms with Gasteiger partial charge in [0.2, 0.25) is 5.91 Å². The Morgan fingerprint density at radius 2 is 2.08 bits per heavy atom. The number of anilines is 1. The van der Waals surface area contributed by atoms with E-state index in [-0.39, 0.29) is 11.3 Å². The number of hydrogen-bond acceptors (Lipinski definition) is 2. The molecule has 0 spiro atoms.